The molecule has 0 spiro atoms. The van der Waals surface area contributed by atoms with Crippen molar-refractivity contribution in [3.05, 3.63) is 35.9 Å². The molecule has 0 saturated heterocycles. The Balaban J connectivity index is 1.54. The van der Waals surface area contributed by atoms with Gasteiger partial charge in [-0.15, -0.1) is 0 Å². The molecule has 2 rings (SSSR count). The van der Waals surface area contributed by atoms with Crippen molar-refractivity contribution in [2.75, 3.05) is 26.7 Å². The Morgan fingerprint density at radius 2 is 2.05 bits per heavy atom. The predicted molar refractivity (Wildman–Crippen MR) is 87.5 cm³/mol. The molecule has 2 N–H and O–H groups in total. The lowest BCUT2D eigenvalue weighted by Gasteiger charge is -2.14. The van der Waals surface area contributed by atoms with Gasteiger partial charge in [0.05, 0.1) is 6.10 Å². The van der Waals surface area contributed by atoms with Crippen LogP contribution in [0.15, 0.2) is 35.3 Å². The molecule has 0 amide bonds. The zero-order valence-corrected chi connectivity index (χ0v) is 13.1. The van der Waals surface area contributed by atoms with Crippen molar-refractivity contribution >= 4 is 5.96 Å². The summed E-state index contributed by atoms with van der Waals surface area (Å²) in [4.78, 5) is 4.22. The molecule has 1 aliphatic rings. The lowest BCUT2D eigenvalue weighted by atomic mass is 10.1. The smallest absolute Gasteiger partial charge is 0.190 e. The third kappa shape index (κ3) is 6.17. The number of hydrogen-bond donors (Lipinski definition) is 2. The van der Waals surface area contributed by atoms with Gasteiger partial charge in [-0.25, -0.2) is 0 Å². The minimum absolute atomic E-state index is 0.151. The Morgan fingerprint density at radius 3 is 2.71 bits per heavy atom. The molecule has 1 aliphatic carbocycles. The molecule has 1 aromatic carbocycles. The first kappa shape index (κ1) is 15.8. The van der Waals surface area contributed by atoms with Crippen molar-refractivity contribution in [2.45, 2.75) is 32.3 Å². The Labute approximate surface area is 128 Å². The molecule has 1 saturated carbocycles. The molecule has 0 heterocycles. The topological polar surface area (TPSA) is 45.7 Å². The zero-order chi connectivity index (χ0) is 14.9. The number of ether oxygens (including phenoxy) is 1. The van der Waals surface area contributed by atoms with Gasteiger partial charge in [0.15, 0.2) is 5.96 Å². The summed E-state index contributed by atoms with van der Waals surface area (Å²) in [5.74, 6) is 1.76. The number of nitrogens with zero attached hydrogens (tertiary/aromatic N) is 1. The quantitative estimate of drug-likeness (QED) is 0.439. The maximum Gasteiger partial charge on any atom is 0.190 e. The molecule has 4 nitrogen and oxygen atoms in total. The molecule has 0 bridgehead atoms. The van der Waals surface area contributed by atoms with E-state index in [9.17, 15) is 0 Å². The number of guanidine groups is 1. The van der Waals surface area contributed by atoms with Gasteiger partial charge in [0.25, 0.3) is 0 Å². The van der Waals surface area contributed by atoms with Crippen LogP contribution in [0.3, 0.4) is 0 Å². The second-order valence-corrected chi connectivity index (χ2v) is 5.60. The van der Waals surface area contributed by atoms with Crippen molar-refractivity contribution in [1.29, 1.82) is 0 Å². The molecular weight excluding hydrogens is 262 g/mol. The van der Waals surface area contributed by atoms with Gasteiger partial charge in [-0.05, 0) is 37.7 Å². The molecule has 0 radical (unpaired) electrons. The Hall–Kier alpha value is -1.55. The predicted octanol–water partition coefficient (Wildman–Crippen LogP) is 2.73. The summed E-state index contributed by atoms with van der Waals surface area (Å²) in [6.45, 7) is 4.77. The van der Waals surface area contributed by atoms with Crippen molar-refractivity contribution in [3.63, 3.8) is 0 Å². The van der Waals surface area contributed by atoms with E-state index < -0.39 is 0 Å². The first-order valence-electron chi connectivity index (χ1n) is 7.90. The van der Waals surface area contributed by atoms with Gasteiger partial charge in [-0.3, -0.25) is 4.99 Å². The number of rotatable bonds is 8. The highest BCUT2D eigenvalue weighted by molar-refractivity contribution is 5.79. The van der Waals surface area contributed by atoms with Crippen LogP contribution in [-0.4, -0.2) is 32.7 Å². The summed E-state index contributed by atoms with van der Waals surface area (Å²) in [5, 5.41) is 6.68. The van der Waals surface area contributed by atoms with E-state index in [-0.39, 0.29) is 6.10 Å². The van der Waals surface area contributed by atoms with Crippen LogP contribution in [0, 0.1) is 5.92 Å². The van der Waals surface area contributed by atoms with E-state index in [1.807, 2.05) is 25.2 Å². The van der Waals surface area contributed by atoms with E-state index in [2.05, 4.69) is 34.7 Å². The first-order valence-corrected chi connectivity index (χ1v) is 7.90. The van der Waals surface area contributed by atoms with Gasteiger partial charge in [-0.1, -0.05) is 30.3 Å². The van der Waals surface area contributed by atoms with E-state index in [4.69, 9.17) is 4.74 Å². The second-order valence-electron chi connectivity index (χ2n) is 5.60. The largest absolute Gasteiger partial charge is 0.374 e. The van der Waals surface area contributed by atoms with Crippen LogP contribution in [0.5, 0.6) is 0 Å². The standard InChI is InChI=1S/C17H27N3O/c1-14(16-7-4-3-5-8-16)21-12-6-11-19-17(18-2)20-13-15-9-10-15/h3-5,7-8,14-15H,6,9-13H2,1-2H3,(H2,18,19,20). The van der Waals surface area contributed by atoms with E-state index in [0.29, 0.717) is 0 Å². The van der Waals surface area contributed by atoms with Gasteiger partial charge in [0.2, 0.25) is 0 Å². The molecular formula is C17H27N3O. The van der Waals surface area contributed by atoms with Gasteiger partial charge in [0, 0.05) is 26.7 Å². The molecule has 0 aliphatic heterocycles. The lowest BCUT2D eigenvalue weighted by Crippen LogP contribution is -2.39. The first-order chi connectivity index (χ1) is 10.3. The van der Waals surface area contributed by atoms with Crippen molar-refractivity contribution < 1.29 is 4.74 Å². The van der Waals surface area contributed by atoms with Crippen molar-refractivity contribution in [3.8, 4) is 0 Å². The molecule has 4 heteroatoms. The zero-order valence-electron chi connectivity index (χ0n) is 13.1. The summed E-state index contributed by atoms with van der Waals surface area (Å²) in [6.07, 6.45) is 3.84. The summed E-state index contributed by atoms with van der Waals surface area (Å²) < 4.78 is 5.85. The van der Waals surface area contributed by atoms with Crippen LogP contribution in [0.4, 0.5) is 0 Å². The summed E-state index contributed by atoms with van der Waals surface area (Å²) >= 11 is 0. The molecule has 21 heavy (non-hydrogen) atoms. The van der Waals surface area contributed by atoms with E-state index in [1.165, 1.54) is 18.4 Å². The highest BCUT2D eigenvalue weighted by Crippen LogP contribution is 2.27. The number of aliphatic imine (C=N–C) groups is 1. The van der Waals surface area contributed by atoms with Gasteiger partial charge in [-0.2, -0.15) is 0 Å². The van der Waals surface area contributed by atoms with Gasteiger partial charge >= 0.3 is 0 Å². The summed E-state index contributed by atoms with van der Waals surface area (Å²) in [5.41, 5.74) is 1.23. The lowest BCUT2D eigenvalue weighted by molar-refractivity contribution is 0.0646. The fourth-order valence-corrected chi connectivity index (χ4v) is 2.14. The molecule has 1 fully saturated rings. The Morgan fingerprint density at radius 1 is 1.29 bits per heavy atom. The maximum absolute atomic E-state index is 5.85. The second kappa shape index (κ2) is 8.67. The summed E-state index contributed by atoms with van der Waals surface area (Å²) in [7, 11) is 1.82. The van der Waals surface area contributed by atoms with Gasteiger partial charge < -0.3 is 15.4 Å². The van der Waals surface area contributed by atoms with Crippen molar-refractivity contribution in [1.82, 2.24) is 10.6 Å². The Bertz CT molecular complexity index is 429. The highest BCUT2D eigenvalue weighted by atomic mass is 16.5. The van der Waals surface area contributed by atoms with Crippen LogP contribution >= 0.6 is 0 Å². The monoisotopic (exact) mass is 289 g/mol. The molecule has 0 aromatic heterocycles. The average molecular weight is 289 g/mol. The van der Waals surface area contributed by atoms with Crippen LogP contribution in [-0.2, 0) is 4.74 Å². The number of hydrogen-bond acceptors (Lipinski definition) is 2. The van der Waals surface area contributed by atoms with Crippen LogP contribution < -0.4 is 10.6 Å². The van der Waals surface area contributed by atoms with E-state index in [0.717, 1.165) is 38.0 Å². The minimum atomic E-state index is 0.151. The molecule has 1 atom stereocenters. The van der Waals surface area contributed by atoms with Crippen LogP contribution in [0.1, 0.15) is 37.9 Å². The normalized spacial score (nSPS) is 16.6. The minimum Gasteiger partial charge on any atom is -0.374 e. The number of nitrogens with one attached hydrogen (secondary N) is 2. The van der Waals surface area contributed by atoms with E-state index >= 15 is 0 Å². The molecule has 116 valence electrons. The van der Waals surface area contributed by atoms with Gasteiger partial charge in [0.1, 0.15) is 0 Å². The third-order valence-electron chi connectivity index (χ3n) is 3.73. The fourth-order valence-electron chi connectivity index (χ4n) is 2.14. The van der Waals surface area contributed by atoms with E-state index in [1.54, 1.807) is 0 Å². The van der Waals surface area contributed by atoms with Crippen molar-refractivity contribution in [2.24, 2.45) is 10.9 Å². The molecule has 1 unspecified atom stereocenters. The van der Waals surface area contributed by atoms with Crippen LogP contribution in [0.2, 0.25) is 0 Å². The SMILES string of the molecule is CN=C(NCCCOC(C)c1ccccc1)NCC1CC1. The highest BCUT2D eigenvalue weighted by Gasteiger charge is 2.20. The van der Waals surface area contributed by atoms with Crippen LogP contribution in [0.25, 0.3) is 0 Å². The summed E-state index contributed by atoms with van der Waals surface area (Å²) in [6, 6.07) is 10.3. The fraction of sp³-hybridized carbons (Fsp3) is 0.588. The Kier molecular flexibility index (Phi) is 6.54. The number of benzene rings is 1. The average Bonchev–Trinajstić information content (AvgIpc) is 3.35. The maximum atomic E-state index is 5.85. The third-order valence-corrected chi connectivity index (χ3v) is 3.73. The molecule has 1 aromatic rings.